The van der Waals surface area contributed by atoms with Gasteiger partial charge in [-0.15, -0.1) is 11.8 Å². The van der Waals surface area contributed by atoms with E-state index in [2.05, 4.69) is 52.5 Å². The highest BCUT2D eigenvalue weighted by atomic mass is 32.2. The van der Waals surface area contributed by atoms with Gasteiger partial charge in [0, 0.05) is 50.9 Å². The van der Waals surface area contributed by atoms with Gasteiger partial charge < -0.3 is 63.3 Å². The van der Waals surface area contributed by atoms with E-state index in [-0.39, 0.29) is 81.0 Å². The Morgan fingerprint density at radius 1 is 0.870 bits per heavy atom. The van der Waals surface area contributed by atoms with Crippen LogP contribution in [0, 0.1) is 17.2 Å². The number of thioether (sulfide) groups is 1. The minimum absolute atomic E-state index is 0.0239. The number of likely N-dealkylation sites (tertiary alicyclic amines) is 1. The number of amides is 7. The van der Waals surface area contributed by atoms with Crippen molar-refractivity contribution in [3.63, 3.8) is 0 Å². The number of ketones is 1. The minimum atomic E-state index is -1.34. The van der Waals surface area contributed by atoms with E-state index in [1.54, 1.807) is 32.9 Å². The van der Waals surface area contributed by atoms with Crippen molar-refractivity contribution in [2.45, 2.75) is 116 Å². The number of rotatable bonds is 30. The van der Waals surface area contributed by atoms with Crippen molar-refractivity contribution in [2.75, 3.05) is 44.5 Å². The lowest BCUT2D eigenvalue weighted by Crippen LogP contribution is -2.61. The Labute approximate surface area is 406 Å². The maximum absolute atomic E-state index is 14.4. The largest absolute Gasteiger partial charge is 0.508 e. The standard InChI is InChI=1S/C45H70FN13O9S/c1-6-27(4)39(43(67)56-34(20-30-21-50-25-53-30)44(68)59-18-8-10-35(59)28(5)60)58-41(65)33(19-29-11-13-31(61)14-12-29)55-42(66)38(26(2)3)57-40(64)32(9-7-15-52-45(47)48)54-36(62)22-49-16-17-51-37(63)23-69-24-46/h11-14,21,25-27,32-35,38-39,49,61H,6-10,15-20,22-24H2,1-5H3,(H,50,53)(H,51,63)(H,54,62)(H,55,66)(H,56,67)(H,57,64)(H,58,65)(H4,47,48,52)/t27?,32-,33-,34-,35-,38-,39-/m0/s1. The molecule has 13 N–H and O–H groups in total. The summed E-state index contributed by atoms with van der Waals surface area (Å²) in [5.74, 6) is -5.86. The highest BCUT2D eigenvalue weighted by Gasteiger charge is 2.39. The van der Waals surface area contributed by atoms with Crippen LogP contribution in [0.2, 0.25) is 0 Å². The third kappa shape index (κ3) is 19.7. The van der Waals surface area contributed by atoms with Crippen molar-refractivity contribution < 1.29 is 47.9 Å². The Balaban J connectivity index is 1.83. The van der Waals surface area contributed by atoms with E-state index >= 15 is 0 Å². The van der Waals surface area contributed by atoms with Gasteiger partial charge in [0.05, 0.1) is 24.7 Å². The van der Waals surface area contributed by atoms with Gasteiger partial charge in [0.1, 0.15) is 42.0 Å². The van der Waals surface area contributed by atoms with Gasteiger partial charge in [-0.2, -0.15) is 0 Å². The average molecular weight is 988 g/mol. The van der Waals surface area contributed by atoms with E-state index in [1.165, 1.54) is 36.5 Å². The Morgan fingerprint density at radius 2 is 1.54 bits per heavy atom. The molecule has 3 rings (SSSR count). The van der Waals surface area contributed by atoms with Gasteiger partial charge in [-0.25, -0.2) is 9.37 Å². The van der Waals surface area contributed by atoms with Crippen molar-refractivity contribution in [3.8, 4) is 5.75 Å². The van der Waals surface area contributed by atoms with E-state index in [1.807, 2.05) is 6.92 Å². The molecule has 1 unspecified atom stereocenters. The van der Waals surface area contributed by atoms with Crippen molar-refractivity contribution in [2.24, 2.45) is 17.6 Å². The molecule has 24 heteroatoms. The predicted molar refractivity (Wildman–Crippen MR) is 257 cm³/mol. The first-order valence-electron chi connectivity index (χ1n) is 23.1. The van der Waals surface area contributed by atoms with Crippen LogP contribution in [-0.4, -0.2) is 154 Å². The van der Waals surface area contributed by atoms with Crippen LogP contribution in [0.1, 0.15) is 78.0 Å². The smallest absolute Gasteiger partial charge is 0.246 e. The Kier molecular flexibility index (Phi) is 24.4. The number of aromatic amines is 1. The number of H-pyrrole nitrogens is 1. The van der Waals surface area contributed by atoms with Crippen molar-refractivity contribution in [1.29, 1.82) is 5.41 Å². The van der Waals surface area contributed by atoms with Crippen LogP contribution in [-0.2, 0) is 51.2 Å². The molecule has 1 aromatic heterocycles. The topological polar surface area (TPSA) is 335 Å². The molecule has 0 spiro atoms. The first-order chi connectivity index (χ1) is 32.8. The van der Waals surface area contributed by atoms with Crippen LogP contribution in [0.15, 0.2) is 36.8 Å². The average Bonchev–Trinajstić information content (AvgIpc) is 4.03. The number of guanidine groups is 1. The number of nitrogens with one attached hydrogen (secondary N) is 10. The molecule has 0 radical (unpaired) electrons. The number of Topliss-reactive ketones (excluding diaryl/α,β-unsaturated/α-hetero) is 1. The van der Waals surface area contributed by atoms with Gasteiger partial charge >= 0.3 is 0 Å². The first-order valence-corrected chi connectivity index (χ1v) is 24.3. The normalized spacial score (nSPS) is 15.9. The zero-order valence-corrected chi connectivity index (χ0v) is 40.8. The number of nitrogens with zero attached hydrogens (tertiary/aromatic N) is 2. The lowest BCUT2D eigenvalue weighted by Gasteiger charge is -2.31. The van der Waals surface area contributed by atoms with Crippen molar-refractivity contribution >= 4 is 64.9 Å². The summed E-state index contributed by atoms with van der Waals surface area (Å²) < 4.78 is 12.3. The molecule has 0 saturated carbocycles. The van der Waals surface area contributed by atoms with Crippen LogP contribution >= 0.6 is 11.8 Å². The summed E-state index contributed by atoms with van der Waals surface area (Å²) >= 11 is 0.819. The molecule has 1 saturated heterocycles. The molecule has 69 heavy (non-hydrogen) atoms. The predicted octanol–water partition coefficient (Wildman–Crippen LogP) is -0.764. The number of carbonyl (C=O) groups is 8. The lowest BCUT2D eigenvalue weighted by atomic mass is 9.96. The second-order valence-corrected chi connectivity index (χ2v) is 18.2. The summed E-state index contributed by atoms with van der Waals surface area (Å²) in [6.45, 7) is 9.00. The van der Waals surface area contributed by atoms with E-state index in [0.29, 0.717) is 37.1 Å². The molecule has 0 aliphatic carbocycles. The molecule has 22 nitrogen and oxygen atoms in total. The summed E-state index contributed by atoms with van der Waals surface area (Å²) in [4.78, 5) is 117. The number of alkyl halides is 1. The number of carbonyl (C=O) groups excluding carboxylic acids is 8. The number of nitrogens with two attached hydrogens (primary N) is 1. The summed E-state index contributed by atoms with van der Waals surface area (Å²) in [7, 11) is 0. The zero-order chi connectivity index (χ0) is 51.0. The summed E-state index contributed by atoms with van der Waals surface area (Å²) in [5, 5.41) is 39.3. The highest BCUT2D eigenvalue weighted by molar-refractivity contribution is 7.99. The number of aromatic nitrogens is 2. The molecule has 2 aromatic rings. The molecule has 7 atom stereocenters. The number of phenols is 1. The Bertz CT molecular complexity index is 2030. The number of halogens is 1. The Morgan fingerprint density at radius 3 is 2.16 bits per heavy atom. The van der Waals surface area contributed by atoms with E-state index in [4.69, 9.17) is 11.1 Å². The summed E-state index contributed by atoms with van der Waals surface area (Å²) in [5.41, 5.74) is 6.50. The van der Waals surface area contributed by atoms with Crippen LogP contribution in [0.4, 0.5) is 4.39 Å². The third-order valence-electron chi connectivity index (χ3n) is 11.5. The number of phenolic OH excluding ortho intramolecular Hbond substituents is 1. The molecule has 0 bridgehead atoms. The monoisotopic (exact) mass is 988 g/mol. The van der Waals surface area contributed by atoms with Crippen LogP contribution in [0.25, 0.3) is 0 Å². The molecule has 1 aliphatic heterocycles. The highest BCUT2D eigenvalue weighted by Crippen LogP contribution is 2.21. The van der Waals surface area contributed by atoms with Crippen LogP contribution in [0.5, 0.6) is 5.75 Å². The van der Waals surface area contributed by atoms with Crippen LogP contribution < -0.4 is 48.3 Å². The molecule has 2 heterocycles. The minimum Gasteiger partial charge on any atom is -0.508 e. The third-order valence-corrected chi connectivity index (χ3v) is 12.1. The van der Waals surface area contributed by atoms with Gasteiger partial charge in [-0.1, -0.05) is 46.2 Å². The maximum Gasteiger partial charge on any atom is 0.246 e. The van der Waals surface area contributed by atoms with E-state index in [0.717, 1.165) is 11.8 Å². The van der Waals surface area contributed by atoms with Gasteiger partial charge in [0.15, 0.2) is 11.7 Å². The number of hydrogen-bond acceptors (Lipinski definition) is 13. The number of aromatic hydroxyl groups is 1. The first kappa shape index (κ1) is 57.0. The molecule has 1 aliphatic rings. The molecule has 1 aromatic carbocycles. The van der Waals surface area contributed by atoms with Crippen molar-refractivity contribution in [1.82, 2.24) is 57.4 Å². The molecule has 382 valence electrons. The molecule has 1 fully saturated rings. The number of hydrogen-bond donors (Lipinski definition) is 12. The van der Waals surface area contributed by atoms with Gasteiger partial charge in [-0.05, 0) is 62.1 Å². The number of imidazole rings is 1. The quantitative estimate of drug-likeness (QED) is 0.0260. The fourth-order valence-corrected chi connectivity index (χ4v) is 7.90. The SMILES string of the molecule is CCC(C)[C@H](NC(=O)[C@H](Cc1ccc(O)cc1)NC(=O)[C@@H](NC(=O)[C@H](CCCNC(=N)N)NC(=O)CNCCNC(=O)CSCF)C(C)C)C(=O)N[C@@H](Cc1cnc[nH]1)C(=O)N1CCC[C@H]1C(C)=O. The zero-order valence-electron chi connectivity index (χ0n) is 40.0. The summed E-state index contributed by atoms with van der Waals surface area (Å²) in [6, 6.07) is -1.45. The van der Waals surface area contributed by atoms with Gasteiger partial charge in [0.25, 0.3) is 0 Å². The fourth-order valence-electron chi connectivity index (χ4n) is 7.53. The number of benzene rings is 1. The summed E-state index contributed by atoms with van der Waals surface area (Å²) in [6.07, 6.45) is 4.76. The molecule has 7 amide bonds. The second kappa shape index (κ2) is 29.6. The Hall–Kier alpha value is -6.30. The fraction of sp³-hybridized carbons (Fsp3) is 0.600. The van der Waals surface area contributed by atoms with Crippen molar-refractivity contribution in [3.05, 3.63) is 48.0 Å². The second-order valence-electron chi connectivity index (χ2n) is 17.3. The molecular weight excluding hydrogens is 918 g/mol. The van der Waals surface area contributed by atoms with Gasteiger partial charge in [-0.3, -0.25) is 43.8 Å². The van der Waals surface area contributed by atoms with E-state index in [9.17, 15) is 47.9 Å². The van der Waals surface area contributed by atoms with Crippen LogP contribution in [0.3, 0.4) is 0 Å². The van der Waals surface area contributed by atoms with Gasteiger partial charge in [0.2, 0.25) is 41.4 Å². The lowest BCUT2D eigenvalue weighted by molar-refractivity contribution is -0.141. The molecular formula is C45H70FN13O9S. The maximum atomic E-state index is 14.4. The van der Waals surface area contributed by atoms with E-state index < -0.39 is 89.5 Å².